The molecule has 0 aliphatic heterocycles. The molecule has 1 unspecified atom stereocenters. The van der Waals surface area contributed by atoms with Crippen LogP contribution in [0, 0.1) is 0 Å². The van der Waals surface area contributed by atoms with Crippen LogP contribution in [-0.4, -0.2) is 33.4 Å². The topological polar surface area (TPSA) is 67.2 Å². The minimum absolute atomic E-state index is 0.220. The molecule has 0 bridgehead atoms. The lowest BCUT2D eigenvalue weighted by atomic mass is 10.2. The minimum Gasteiger partial charge on any atom is -0.391 e. The number of benzene rings is 1. The van der Waals surface area contributed by atoms with E-state index >= 15 is 0 Å². The van der Waals surface area contributed by atoms with Crippen molar-refractivity contribution in [3.05, 3.63) is 54.4 Å². The van der Waals surface area contributed by atoms with Crippen molar-refractivity contribution >= 4 is 12.0 Å². The maximum atomic E-state index is 11.7. The molecule has 0 aliphatic carbocycles. The molecule has 2 aromatic rings. The first-order chi connectivity index (χ1) is 10.7. The standard InChI is InChI=1S/C17H21N3O2/c1-2-6-16(21)12-18-17(22)10-9-14-11-19-20(13-14)15-7-4-3-5-8-15/h3-5,7-11,13,16,21H,2,6,12H2,1H3,(H,18,22)/b10-9+. The summed E-state index contributed by atoms with van der Waals surface area (Å²) in [5, 5.41) is 16.5. The Morgan fingerprint density at radius 2 is 2.18 bits per heavy atom. The number of aliphatic hydroxyl groups is 1. The highest BCUT2D eigenvalue weighted by molar-refractivity contribution is 5.91. The molecule has 2 rings (SSSR count). The largest absolute Gasteiger partial charge is 0.391 e. The summed E-state index contributed by atoms with van der Waals surface area (Å²) in [4.78, 5) is 11.7. The molecule has 0 saturated heterocycles. The summed E-state index contributed by atoms with van der Waals surface area (Å²) in [6.07, 6.45) is 7.80. The fourth-order valence-corrected chi connectivity index (χ4v) is 2.03. The highest BCUT2D eigenvalue weighted by atomic mass is 16.3. The molecular weight excluding hydrogens is 278 g/mol. The highest BCUT2D eigenvalue weighted by Gasteiger charge is 2.04. The van der Waals surface area contributed by atoms with Gasteiger partial charge in [0.2, 0.25) is 5.91 Å². The second-order valence-electron chi connectivity index (χ2n) is 5.07. The summed E-state index contributed by atoms with van der Waals surface area (Å²) in [5.41, 5.74) is 1.81. The van der Waals surface area contributed by atoms with Crippen molar-refractivity contribution < 1.29 is 9.90 Å². The van der Waals surface area contributed by atoms with Crippen molar-refractivity contribution in [3.63, 3.8) is 0 Å². The number of aromatic nitrogens is 2. The normalized spacial score (nSPS) is 12.5. The summed E-state index contributed by atoms with van der Waals surface area (Å²) < 4.78 is 1.75. The van der Waals surface area contributed by atoms with Crippen LogP contribution in [0.15, 0.2) is 48.8 Å². The smallest absolute Gasteiger partial charge is 0.244 e. The van der Waals surface area contributed by atoms with Crippen molar-refractivity contribution in [1.29, 1.82) is 0 Å². The Kier molecular flexibility index (Phi) is 5.91. The lowest BCUT2D eigenvalue weighted by molar-refractivity contribution is -0.116. The van der Waals surface area contributed by atoms with Crippen LogP contribution in [0.3, 0.4) is 0 Å². The molecule has 5 heteroatoms. The van der Waals surface area contributed by atoms with Gasteiger partial charge in [-0.2, -0.15) is 5.10 Å². The zero-order valence-electron chi connectivity index (χ0n) is 12.6. The van der Waals surface area contributed by atoms with Crippen LogP contribution < -0.4 is 5.32 Å². The number of para-hydroxylation sites is 1. The molecular formula is C17H21N3O2. The Bertz CT molecular complexity index is 620. The van der Waals surface area contributed by atoms with Crippen molar-refractivity contribution in [3.8, 4) is 5.69 Å². The van der Waals surface area contributed by atoms with E-state index in [0.29, 0.717) is 6.42 Å². The van der Waals surface area contributed by atoms with Gasteiger partial charge in [-0.05, 0) is 24.6 Å². The Morgan fingerprint density at radius 1 is 1.41 bits per heavy atom. The molecule has 1 atom stereocenters. The van der Waals surface area contributed by atoms with Gasteiger partial charge in [-0.1, -0.05) is 31.5 Å². The van der Waals surface area contributed by atoms with Crippen molar-refractivity contribution in [2.45, 2.75) is 25.9 Å². The first-order valence-electron chi connectivity index (χ1n) is 7.43. The summed E-state index contributed by atoms with van der Waals surface area (Å²) >= 11 is 0. The maximum Gasteiger partial charge on any atom is 0.244 e. The molecule has 5 nitrogen and oxygen atoms in total. The van der Waals surface area contributed by atoms with E-state index in [4.69, 9.17) is 0 Å². The maximum absolute atomic E-state index is 11.7. The third-order valence-corrected chi connectivity index (χ3v) is 3.18. The molecule has 0 aliphatic rings. The number of hydrogen-bond donors (Lipinski definition) is 2. The Morgan fingerprint density at radius 3 is 2.91 bits per heavy atom. The number of nitrogens with one attached hydrogen (secondary N) is 1. The lowest BCUT2D eigenvalue weighted by Crippen LogP contribution is -2.30. The summed E-state index contributed by atoms with van der Waals surface area (Å²) in [7, 11) is 0. The van der Waals surface area contributed by atoms with Crippen LogP contribution in [0.5, 0.6) is 0 Å². The van der Waals surface area contributed by atoms with Gasteiger partial charge in [-0.25, -0.2) is 4.68 Å². The SMILES string of the molecule is CCCC(O)CNC(=O)/C=C/c1cnn(-c2ccccc2)c1. The Hall–Kier alpha value is -2.40. The van der Waals surface area contributed by atoms with Crippen LogP contribution in [0.25, 0.3) is 11.8 Å². The van der Waals surface area contributed by atoms with Gasteiger partial charge in [0.25, 0.3) is 0 Å². The molecule has 1 aromatic carbocycles. The number of rotatable bonds is 7. The number of carbonyl (C=O) groups is 1. The molecule has 1 heterocycles. The van der Waals surface area contributed by atoms with Gasteiger partial charge in [0, 0.05) is 24.4 Å². The van der Waals surface area contributed by atoms with E-state index < -0.39 is 6.10 Å². The zero-order valence-corrected chi connectivity index (χ0v) is 12.6. The van der Waals surface area contributed by atoms with E-state index in [1.807, 2.05) is 43.5 Å². The first-order valence-corrected chi connectivity index (χ1v) is 7.43. The van der Waals surface area contributed by atoms with Gasteiger partial charge in [-0.15, -0.1) is 0 Å². The van der Waals surface area contributed by atoms with Gasteiger partial charge in [0.15, 0.2) is 0 Å². The second kappa shape index (κ2) is 8.14. The average Bonchev–Trinajstić information content (AvgIpc) is 3.01. The Labute approximate surface area is 130 Å². The van der Waals surface area contributed by atoms with Gasteiger partial charge in [0.05, 0.1) is 18.0 Å². The third kappa shape index (κ3) is 4.86. The lowest BCUT2D eigenvalue weighted by Gasteiger charge is -2.08. The number of hydrogen-bond acceptors (Lipinski definition) is 3. The average molecular weight is 299 g/mol. The quantitative estimate of drug-likeness (QED) is 0.770. The predicted molar refractivity (Wildman–Crippen MR) is 86.5 cm³/mol. The van der Waals surface area contributed by atoms with Gasteiger partial charge in [-0.3, -0.25) is 4.79 Å². The molecule has 1 aromatic heterocycles. The number of nitrogens with zero attached hydrogens (tertiary/aromatic N) is 2. The van der Waals surface area contributed by atoms with Crippen LogP contribution >= 0.6 is 0 Å². The first kappa shape index (κ1) is 16.0. The molecule has 1 amide bonds. The van der Waals surface area contributed by atoms with Crippen LogP contribution in [0.4, 0.5) is 0 Å². The molecule has 0 saturated carbocycles. The zero-order chi connectivity index (χ0) is 15.8. The predicted octanol–water partition coefficient (Wildman–Crippen LogP) is 2.16. The van der Waals surface area contributed by atoms with E-state index in [9.17, 15) is 9.90 Å². The molecule has 0 radical (unpaired) electrons. The molecule has 116 valence electrons. The third-order valence-electron chi connectivity index (χ3n) is 3.18. The van der Waals surface area contributed by atoms with Crippen molar-refractivity contribution in [1.82, 2.24) is 15.1 Å². The van der Waals surface area contributed by atoms with Gasteiger partial charge in [0.1, 0.15) is 0 Å². The van der Waals surface area contributed by atoms with Gasteiger partial charge < -0.3 is 10.4 Å². The Balaban J connectivity index is 1.88. The minimum atomic E-state index is -0.483. The van der Waals surface area contributed by atoms with E-state index in [2.05, 4.69) is 10.4 Å². The summed E-state index contributed by atoms with van der Waals surface area (Å²) in [6, 6.07) is 9.76. The van der Waals surface area contributed by atoms with Crippen LogP contribution in [0.2, 0.25) is 0 Å². The summed E-state index contributed by atoms with van der Waals surface area (Å²) in [5.74, 6) is -0.220. The van der Waals surface area contributed by atoms with E-state index in [0.717, 1.165) is 17.7 Å². The molecule has 0 spiro atoms. The monoisotopic (exact) mass is 299 g/mol. The fourth-order valence-electron chi connectivity index (χ4n) is 2.03. The molecule has 22 heavy (non-hydrogen) atoms. The van der Waals surface area contributed by atoms with Crippen LogP contribution in [-0.2, 0) is 4.79 Å². The number of amides is 1. The number of aliphatic hydroxyl groups excluding tert-OH is 1. The van der Waals surface area contributed by atoms with Crippen LogP contribution in [0.1, 0.15) is 25.3 Å². The summed E-state index contributed by atoms with van der Waals surface area (Å²) in [6.45, 7) is 2.27. The van der Waals surface area contributed by atoms with E-state index in [1.54, 1.807) is 17.0 Å². The molecule has 0 fully saturated rings. The highest BCUT2D eigenvalue weighted by Crippen LogP contribution is 2.08. The van der Waals surface area contributed by atoms with Gasteiger partial charge >= 0.3 is 0 Å². The van der Waals surface area contributed by atoms with E-state index in [1.165, 1.54) is 6.08 Å². The number of carbonyl (C=O) groups excluding carboxylic acids is 1. The van der Waals surface area contributed by atoms with Crippen molar-refractivity contribution in [2.24, 2.45) is 0 Å². The fraction of sp³-hybridized carbons (Fsp3) is 0.294. The van der Waals surface area contributed by atoms with E-state index in [-0.39, 0.29) is 12.5 Å². The van der Waals surface area contributed by atoms with Crippen molar-refractivity contribution in [2.75, 3.05) is 6.54 Å². The molecule has 2 N–H and O–H groups in total. The second-order valence-corrected chi connectivity index (χ2v) is 5.07.